The molecule has 2 atom stereocenters. The van der Waals surface area contributed by atoms with Crippen LogP contribution < -0.4 is 5.32 Å². The van der Waals surface area contributed by atoms with Crippen LogP contribution in [0, 0.1) is 6.92 Å². The molecule has 17 heavy (non-hydrogen) atoms. The number of nitrogens with zero attached hydrogens (tertiary/aromatic N) is 2. The fraction of sp³-hybridized carbons (Fsp3) is 0.636. The zero-order valence-electron chi connectivity index (χ0n) is 9.68. The molecule has 2 saturated heterocycles. The summed E-state index contributed by atoms with van der Waals surface area (Å²) in [5.74, 6) is 0.00192. The maximum atomic E-state index is 11.2. The smallest absolute Gasteiger partial charge is 0.246 e. The molecular formula is C11H15N3O2S. The van der Waals surface area contributed by atoms with Crippen molar-refractivity contribution in [1.82, 2.24) is 15.2 Å². The van der Waals surface area contributed by atoms with Gasteiger partial charge in [-0.25, -0.2) is 4.98 Å². The summed E-state index contributed by atoms with van der Waals surface area (Å²) in [5.41, 5.74) is 2.99. The highest BCUT2D eigenvalue weighted by molar-refractivity contribution is 7.09. The lowest BCUT2D eigenvalue weighted by atomic mass is 10.2. The van der Waals surface area contributed by atoms with Crippen LogP contribution in [0.5, 0.6) is 0 Å². The molecule has 2 fully saturated rings. The number of ether oxygens (including phenoxy) is 1. The number of thiazole rings is 1. The van der Waals surface area contributed by atoms with E-state index in [0.717, 1.165) is 25.3 Å². The van der Waals surface area contributed by atoms with Gasteiger partial charge in [0, 0.05) is 24.5 Å². The van der Waals surface area contributed by atoms with E-state index in [2.05, 4.69) is 15.2 Å². The SMILES string of the molecule is Cc1ncsc1CN1C[C@@H]2NC(=O)CO[C@H]2C1. The molecule has 92 valence electrons. The summed E-state index contributed by atoms with van der Waals surface area (Å²) >= 11 is 1.69. The van der Waals surface area contributed by atoms with E-state index in [9.17, 15) is 4.79 Å². The molecule has 0 unspecified atom stereocenters. The maximum Gasteiger partial charge on any atom is 0.246 e. The van der Waals surface area contributed by atoms with Crippen molar-refractivity contribution in [2.75, 3.05) is 19.7 Å². The molecule has 3 heterocycles. The van der Waals surface area contributed by atoms with Crippen molar-refractivity contribution in [3.8, 4) is 0 Å². The standard InChI is InChI=1S/C11H15N3O2S/c1-7-10(17-6-12-7)4-14-2-8-9(3-14)16-5-11(15)13-8/h6,8-9H,2-5H2,1H3,(H,13,15)/t8-,9-/m0/s1. The number of carbonyl (C=O) groups excluding carboxylic acids is 1. The molecular weight excluding hydrogens is 238 g/mol. The van der Waals surface area contributed by atoms with Crippen LogP contribution in [-0.4, -0.2) is 47.6 Å². The summed E-state index contributed by atoms with van der Waals surface area (Å²) in [4.78, 5) is 19.1. The first-order valence-electron chi connectivity index (χ1n) is 5.74. The lowest BCUT2D eigenvalue weighted by molar-refractivity contribution is -0.134. The van der Waals surface area contributed by atoms with Crippen molar-refractivity contribution in [2.24, 2.45) is 0 Å². The van der Waals surface area contributed by atoms with E-state index in [-0.39, 0.29) is 24.7 Å². The van der Waals surface area contributed by atoms with Crippen molar-refractivity contribution >= 4 is 17.2 Å². The summed E-state index contributed by atoms with van der Waals surface area (Å²) in [6, 6.07) is 0.157. The molecule has 0 aromatic carbocycles. The number of nitrogens with one attached hydrogen (secondary N) is 1. The van der Waals surface area contributed by atoms with Gasteiger partial charge in [0.25, 0.3) is 0 Å². The number of aromatic nitrogens is 1. The Balaban J connectivity index is 1.64. The minimum Gasteiger partial charge on any atom is -0.365 e. The Kier molecular flexibility index (Phi) is 2.85. The number of hydrogen-bond acceptors (Lipinski definition) is 5. The molecule has 3 rings (SSSR count). The van der Waals surface area contributed by atoms with Crippen LogP contribution in [0.25, 0.3) is 0 Å². The van der Waals surface area contributed by atoms with Crippen LogP contribution in [-0.2, 0) is 16.1 Å². The topological polar surface area (TPSA) is 54.5 Å². The van der Waals surface area contributed by atoms with Gasteiger partial charge in [0.15, 0.2) is 0 Å². The van der Waals surface area contributed by atoms with Crippen LogP contribution in [0.1, 0.15) is 10.6 Å². The Bertz CT molecular complexity index is 434. The molecule has 1 amide bonds. The molecule has 0 aliphatic carbocycles. The zero-order valence-corrected chi connectivity index (χ0v) is 10.5. The number of rotatable bonds is 2. The second-order valence-electron chi connectivity index (χ2n) is 4.58. The Morgan fingerprint density at radius 2 is 2.53 bits per heavy atom. The zero-order chi connectivity index (χ0) is 11.8. The lowest BCUT2D eigenvalue weighted by Gasteiger charge is -2.25. The predicted octanol–water partition coefficient (Wildman–Crippen LogP) is 0.151. The highest BCUT2D eigenvalue weighted by atomic mass is 32.1. The van der Waals surface area contributed by atoms with Gasteiger partial charge in [-0.05, 0) is 6.92 Å². The Morgan fingerprint density at radius 3 is 3.29 bits per heavy atom. The number of fused-ring (bicyclic) bond motifs is 1. The molecule has 6 heteroatoms. The molecule has 5 nitrogen and oxygen atoms in total. The molecule has 2 aliphatic rings. The van der Waals surface area contributed by atoms with Crippen LogP contribution in [0.4, 0.5) is 0 Å². The fourth-order valence-electron chi connectivity index (χ4n) is 2.40. The van der Waals surface area contributed by atoms with Crippen molar-refractivity contribution in [3.63, 3.8) is 0 Å². The summed E-state index contributed by atoms with van der Waals surface area (Å²) in [5, 5.41) is 2.98. The molecule has 0 saturated carbocycles. The minimum absolute atomic E-state index is 0.00192. The van der Waals surface area contributed by atoms with Crippen molar-refractivity contribution in [1.29, 1.82) is 0 Å². The van der Waals surface area contributed by atoms with Crippen molar-refractivity contribution in [2.45, 2.75) is 25.6 Å². The van der Waals surface area contributed by atoms with E-state index in [1.165, 1.54) is 4.88 Å². The monoisotopic (exact) mass is 253 g/mol. The van der Waals surface area contributed by atoms with Crippen molar-refractivity contribution in [3.05, 3.63) is 16.1 Å². The fourth-order valence-corrected chi connectivity index (χ4v) is 3.22. The first kappa shape index (κ1) is 11.1. The van der Waals surface area contributed by atoms with E-state index in [1.807, 2.05) is 12.4 Å². The Labute approximate surface area is 104 Å². The molecule has 1 aromatic rings. The molecule has 0 spiro atoms. The molecule has 0 bridgehead atoms. The second kappa shape index (κ2) is 4.36. The highest BCUT2D eigenvalue weighted by Crippen LogP contribution is 2.21. The number of aryl methyl sites for hydroxylation is 1. The Morgan fingerprint density at radius 1 is 1.65 bits per heavy atom. The number of amides is 1. The third-order valence-electron chi connectivity index (χ3n) is 3.33. The average Bonchev–Trinajstić information content (AvgIpc) is 2.85. The molecule has 1 aromatic heterocycles. The number of likely N-dealkylation sites (tertiary alicyclic amines) is 1. The number of carbonyl (C=O) groups is 1. The first-order chi connectivity index (χ1) is 8.22. The van der Waals surface area contributed by atoms with Crippen LogP contribution >= 0.6 is 11.3 Å². The maximum absolute atomic E-state index is 11.2. The third kappa shape index (κ3) is 2.20. The van der Waals surface area contributed by atoms with Crippen LogP contribution in [0.15, 0.2) is 5.51 Å². The van der Waals surface area contributed by atoms with E-state index >= 15 is 0 Å². The van der Waals surface area contributed by atoms with Crippen LogP contribution in [0.3, 0.4) is 0 Å². The average molecular weight is 253 g/mol. The van der Waals surface area contributed by atoms with Gasteiger partial charge < -0.3 is 10.1 Å². The van der Waals surface area contributed by atoms with E-state index in [4.69, 9.17) is 4.74 Å². The van der Waals surface area contributed by atoms with Gasteiger partial charge in [0.2, 0.25) is 5.91 Å². The van der Waals surface area contributed by atoms with Gasteiger partial charge in [-0.1, -0.05) is 0 Å². The number of morpholine rings is 1. The van der Waals surface area contributed by atoms with Gasteiger partial charge in [0.1, 0.15) is 6.61 Å². The summed E-state index contributed by atoms with van der Waals surface area (Å²) in [7, 11) is 0. The highest BCUT2D eigenvalue weighted by Gasteiger charge is 2.37. The van der Waals surface area contributed by atoms with E-state index in [1.54, 1.807) is 11.3 Å². The molecule has 0 radical (unpaired) electrons. The first-order valence-corrected chi connectivity index (χ1v) is 6.62. The van der Waals surface area contributed by atoms with Gasteiger partial charge in [-0.3, -0.25) is 9.69 Å². The molecule has 2 aliphatic heterocycles. The Hall–Kier alpha value is -0.980. The summed E-state index contributed by atoms with van der Waals surface area (Å²) < 4.78 is 5.53. The van der Waals surface area contributed by atoms with Gasteiger partial charge in [-0.2, -0.15) is 0 Å². The summed E-state index contributed by atoms with van der Waals surface area (Å²) in [6.45, 7) is 4.90. The second-order valence-corrected chi connectivity index (χ2v) is 5.52. The lowest BCUT2D eigenvalue weighted by Crippen LogP contribution is -2.50. The minimum atomic E-state index is 0.00192. The van der Waals surface area contributed by atoms with Gasteiger partial charge in [-0.15, -0.1) is 11.3 Å². The molecule has 1 N–H and O–H groups in total. The normalized spacial score (nSPS) is 29.1. The summed E-state index contributed by atoms with van der Waals surface area (Å²) in [6.07, 6.45) is 0.154. The van der Waals surface area contributed by atoms with Crippen molar-refractivity contribution < 1.29 is 9.53 Å². The third-order valence-corrected chi connectivity index (χ3v) is 4.25. The van der Waals surface area contributed by atoms with E-state index < -0.39 is 0 Å². The predicted molar refractivity (Wildman–Crippen MR) is 63.8 cm³/mol. The van der Waals surface area contributed by atoms with E-state index in [0.29, 0.717) is 0 Å². The van der Waals surface area contributed by atoms with Gasteiger partial charge in [0.05, 0.1) is 23.4 Å². The van der Waals surface area contributed by atoms with Gasteiger partial charge >= 0.3 is 0 Å². The van der Waals surface area contributed by atoms with Crippen LogP contribution in [0.2, 0.25) is 0 Å². The largest absolute Gasteiger partial charge is 0.365 e. The number of hydrogen-bond donors (Lipinski definition) is 1. The quantitative estimate of drug-likeness (QED) is 0.815.